The molecule has 0 aliphatic carbocycles. The molecule has 0 spiro atoms. The number of carbonyl (C=O) groups is 1. The van der Waals surface area contributed by atoms with Crippen molar-refractivity contribution in [1.29, 1.82) is 0 Å². The van der Waals surface area contributed by atoms with Crippen LogP contribution in [-0.2, 0) is 0 Å². The topological polar surface area (TPSA) is 37.3 Å². The van der Waals surface area contributed by atoms with Crippen LogP contribution in [0.25, 0.3) is 0 Å². The van der Waals surface area contributed by atoms with Crippen LogP contribution in [0.5, 0.6) is 0 Å². The van der Waals surface area contributed by atoms with Gasteiger partial charge in [0.1, 0.15) is 0 Å². The Labute approximate surface area is 97.7 Å². The minimum Gasteiger partial charge on any atom is -0.478 e. The molecule has 0 aliphatic heterocycles. The van der Waals surface area contributed by atoms with Crippen LogP contribution >= 0.6 is 22.6 Å². The second-order valence-corrected chi connectivity index (χ2v) is 4.21. The molecule has 0 atom stereocenters. The summed E-state index contributed by atoms with van der Waals surface area (Å²) in [6, 6.07) is 1.91. The second kappa shape index (κ2) is 4.03. The number of benzene rings is 1. The second-order valence-electron chi connectivity index (χ2n) is 3.05. The standard InChI is InChI=1S/C8H6BF3IO2/c1-4-6(9(10,11)12)2-5(8(14)15)3-7(4)13/h2-3H,1H3,(H,14,15)/q-1. The Morgan fingerprint density at radius 2 is 1.93 bits per heavy atom. The van der Waals surface area contributed by atoms with Crippen molar-refractivity contribution in [3.05, 3.63) is 26.8 Å². The maximum atomic E-state index is 12.5. The van der Waals surface area contributed by atoms with Crippen LogP contribution in [-0.4, -0.2) is 18.1 Å². The smallest absolute Gasteiger partial charge is 0.478 e. The first-order chi connectivity index (χ1) is 6.73. The molecule has 0 saturated carbocycles. The number of hydrogen-bond donors (Lipinski definition) is 1. The molecule has 1 rings (SSSR count). The normalized spacial score (nSPS) is 11.5. The zero-order valence-electron chi connectivity index (χ0n) is 7.60. The molecule has 7 heteroatoms. The lowest BCUT2D eigenvalue weighted by atomic mass is 9.76. The van der Waals surface area contributed by atoms with Gasteiger partial charge in [0.15, 0.2) is 0 Å². The van der Waals surface area contributed by atoms with E-state index < -0.39 is 18.4 Å². The van der Waals surface area contributed by atoms with E-state index in [0.717, 1.165) is 0 Å². The molecule has 0 aliphatic rings. The summed E-state index contributed by atoms with van der Waals surface area (Å²) < 4.78 is 37.9. The van der Waals surface area contributed by atoms with Gasteiger partial charge in [-0.25, -0.2) is 4.79 Å². The maximum Gasteiger partial charge on any atom is 0.509 e. The quantitative estimate of drug-likeness (QED) is 0.668. The molecule has 1 aromatic rings. The third kappa shape index (κ3) is 2.64. The summed E-state index contributed by atoms with van der Waals surface area (Å²) in [5, 5.41) is 8.63. The Bertz CT molecular complexity index is 417. The van der Waals surface area contributed by atoms with Gasteiger partial charge < -0.3 is 18.1 Å². The summed E-state index contributed by atoms with van der Waals surface area (Å²) >= 11 is 1.70. The monoisotopic (exact) mass is 329 g/mol. The van der Waals surface area contributed by atoms with E-state index in [1.165, 1.54) is 13.0 Å². The summed E-state index contributed by atoms with van der Waals surface area (Å²) in [6.07, 6.45) is 0. The molecule has 0 saturated heterocycles. The van der Waals surface area contributed by atoms with E-state index in [4.69, 9.17) is 5.11 Å². The van der Waals surface area contributed by atoms with Crippen LogP contribution in [0.3, 0.4) is 0 Å². The van der Waals surface area contributed by atoms with E-state index in [2.05, 4.69) is 0 Å². The molecule has 1 N–H and O–H groups in total. The highest BCUT2D eigenvalue weighted by molar-refractivity contribution is 14.1. The molecular formula is C8H6BF3IO2-. The van der Waals surface area contributed by atoms with Crippen molar-refractivity contribution in [1.82, 2.24) is 0 Å². The van der Waals surface area contributed by atoms with Crippen LogP contribution in [0.2, 0.25) is 0 Å². The van der Waals surface area contributed by atoms with E-state index in [0.29, 0.717) is 9.64 Å². The SMILES string of the molecule is Cc1c(I)cc(C(=O)O)cc1[B-](F)(F)F. The van der Waals surface area contributed by atoms with Gasteiger partial charge >= 0.3 is 12.9 Å². The maximum absolute atomic E-state index is 12.5. The lowest BCUT2D eigenvalue weighted by Gasteiger charge is -2.19. The lowest BCUT2D eigenvalue weighted by molar-refractivity contribution is 0.0697. The molecule has 0 amide bonds. The summed E-state index contributed by atoms with van der Waals surface area (Å²) in [6.45, 7) is -3.83. The van der Waals surface area contributed by atoms with Crippen LogP contribution in [0.4, 0.5) is 12.9 Å². The largest absolute Gasteiger partial charge is 0.509 e. The molecule has 2 nitrogen and oxygen atoms in total. The first kappa shape index (κ1) is 12.3. The Morgan fingerprint density at radius 3 is 2.33 bits per heavy atom. The van der Waals surface area contributed by atoms with E-state index in [1.807, 2.05) is 0 Å². The van der Waals surface area contributed by atoms with E-state index in [-0.39, 0.29) is 11.1 Å². The van der Waals surface area contributed by atoms with Crippen LogP contribution in [0.1, 0.15) is 15.9 Å². The van der Waals surface area contributed by atoms with Crippen molar-refractivity contribution < 1.29 is 22.8 Å². The van der Waals surface area contributed by atoms with E-state index in [9.17, 15) is 17.7 Å². The molecule has 0 heterocycles. The van der Waals surface area contributed by atoms with Crippen LogP contribution in [0.15, 0.2) is 12.1 Å². The molecule has 15 heavy (non-hydrogen) atoms. The van der Waals surface area contributed by atoms with Gasteiger partial charge in [-0.05, 0) is 35.6 Å². The fraction of sp³-hybridized carbons (Fsp3) is 0.125. The van der Waals surface area contributed by atoms with Crippen molar-refractivity contribution in [2.45, 2.75) is 6.92 Å². The molecule has 0 radical (unpaired) electrons. The molecule has 0 bridgehead atoms. The summed E-state index contributed by atoms with van der Waals surface area (Å²) in [5.74, 6) is -1.35. The van der Waals surface area contributed by atoms with Crippen molar-refractivity contribution >= 4 is 41.0 Å². The van der Waals surface area contributed by atoms with Gasteiger partial charge in [0.25, 0.3) is 0 Å². The third-order valence-corrected chi connectivity index (χ3v) is 3.10. The van der Waals surface area contributed by atoms with Gasteiger partial charge in [0, 0.05) is 3.57 Å². The average Bonchev–Trinajstić information content (AvgIpc) is 2.06. The van der Waals surface area contributed by atoms with Gasteiger partial charge in [-0.1, -0.05) is 11.6 Å². The minimum absolute atomic E-state index is 0.0769. The highest BCUT2D eigenvalue weighted by Gasteiger charge is 2.29. The van der Waals surface area contributed by atoms with Gasteiger partial charge in [-0.2, -0.15) is 0 Å². The van der Waals surface area contributed by atoms with Gasteiger partial charge in [-0.3, -0.25) is 0 Å². The summed E-state index contributed by atoms with van der Waals surface area (Å²) in [5.41, 5.74) is -1.09. The fourth-order valence-electron chi connectivity index (χ4n) is 1.16. The first-order valence-electron chi connectivity index (χ1n) is 3.96. The highest BCUT2D eigenvalue weighted by atomic mass is 127. The number of aromatic carboxylic acids is 1. The molecule has 0 aromatic heterocycles. The molecular weight excluding hydrogens is 323 g/mol. The lowest BCUT2D eigenvalue weighted by Crippen LogP contribution is -2.37. The zero-order valence-corrected chi connectivity index (χ0v) is 9.76. The number of rotatable bonds is 2. The van der Waals surface area contributed by atoms with Crippen molar-refractivity contribution in [3.8, 4) is 0 Å². The third-order valence-electron chi connectivity index (χ3n) is 1.98. The van der Waals surface area contributed by atoms with E-state index >= 15 is 0 Å². The summed E-state index contributed by atoms with van der Waals surface area (Å²) in [7, 11) is 0. The van der Waals surface area contributed by atoms with Crippen LogP contribution < -0.4 is 5.46 Å². The predicted octanol–water partition coefficient (Wildman–Crippen LogP) is 2.35. The highest BCUT2D eigenvalue weighted by Crippen LogP contribution is 2.18. The van der Waals surface area contributed by atoms with Crippen LogP contribution in [0, 0.1) is 10.5 Å². The van der Waals surface area contributed by atoms with Gasteiger partial charge in [-0.15, -0.1) is 5.46 Å². The molecule has 82 valence electrons. The average molecular weight is 329 g/mol. The van der Waals surface area contributed by atoms with Crippen molar-refractivity contribution in [2.24, 2.45) is 0 Å². The number of halogens is 4. The fourth-order valence-corrected chi connectivity index (χ4v) is 1.81. The zero-order chi connectivity index (χ0) is 11.8. The van der Waals surface area contributed by atoms with Gasteiger partial charge in [0.2, 0.25) is 0 Å². The molecule has 0 unspecified atom stereocenters. The number of carboxylic acids is 1. The minimum atomic E-state index is -5.16. The van der Waals surface area contributed by atoms with Crippen molar-refractivity contribution in [3.63, 3.8) is 0 Å². The number of hydrogen-bond acceptors (Lipinski definition) is 1. The Kier molecular flexibility index (Phi) is 3.32. The molecule has 0 fully saturated rings. The molecule has 1 aromatic carbocycles. The summed E-state index contributed by atoms with van der Waals surface area (Å²) in [4.78, 5) is 10.6. The first-order valence-corrected chi connectivity index (χ1v) is 5.04. The van der Waals surface area contributed by atoms with Gasteiger partial charge in [0.05, 0.1) is 5.56 Å². The predicted molar refractivity (Wildman–Crippen MR) is 59.6 cm³/mol. The Hall–Kier alpha value is -0.725. The Morgan fingerprint density at radius 1 is 1.40 bits per heavy atom. The van der Waals surface area contributed by atoms with Crippen molar-refractivity contribution in [2.75, 3.05) is 0 Å². The van der Waals surface area contributed by atoms with E-state index in [1.54, 1.807) is 22.6 Å². The number of carboxylic acid groups (broad SMARTS) is 1. The Balaban J connectivity index is 3.45.